The Morgan fingerprint density at radius 3 is 1.58 bits per heavy atom. The van der Waals surface area contributed by atoms with E-state index < -0.39 is 0 Å². The number of nitrogens with two attached hydrogens (primary N) is 2. The maximum atomic E-state index is 12.4. The highest BCUT2D eigenvalue weighted by atomic mass is 79.9. The van der Waals surface area contributed by atoms with Crippen LogP contribution in [0.25, 0.3) is 22.5 Å². The minimum absolute atomic E-state index is 0.0969. The van der Waals surface area contributed by atoms with Crippen LogP contribution in [-0.2, 0) is 26.2 Å². The van der Waals surface area contributed by atoms with E-state index in [1.807, 2.05) is 24.8 Å². The van der Waals surface area contributed by atoms with Crippen LogP contribution in [-0.4, -0.2) is 111 Å². The molecule has 7 N–H and O–H groups in total. The molecule has 0 saturated carbocycles. The number of carbonyl (C=O) groups is 2. The number of nitriles is 2. The topological polar surface area (TPSA) is 250 Å². The Balaban J connectivity index is 0.000000200. The standard InChI is InChI=1S/C21H23Cl2N7O2.C19H22Cl2N6O2.C2H2BrN/c1-2-26-21(31)30-9-14-16(10-30)27-20(25)28-19(14)18-15(23)5-13(22)6-17(18)32-11-12-7-29(8-12)4-3-24;1-2-24-19(28)27-7-12-14(8-27)25-18(22)26-17(12)16-13(21)3-11(20)4-15(16)29-9-10-5-23-6-10;3-1-2-4/h5-6,12H,2,4,7-11H2,1H3,(H,26,31)(H2,25,27,28);3-4,10,23H,2,5-9H2,1H3,(H,24,28)(H2,22,25,26);1H2. The zero-order chi connectivity index (χ0) is 46.8. The average molecular weight is 1030 g/mol. The van der Waals surface area contributed by atoms with Crippen molar-refractivity contribution in [2.75, 3.05) is 75.8 Å². The van der Waals surface area contributed by atoms with Gasteiger partial charge >= 0.3 is 12.1 Å². The number of ether oxygens (including phenoxy) is 2. The van der Waals surface area contributed by atoms with Gasteiger partial charge in [0.1, 0.15) is 11.5 Å². The number of anilines is 2. The van der Waals surface area contributed by atoms with Crippen LogP contribution in [0.2, 0.25) is 20.1 Å². The lowest BCUT2D eigenvalue weighted by atomic mass is 10.0. The highest BCUT2D eigenvalue weighted by molar-refractivity contribution is 9.09. The number of nitrogens with one attached hydrogen (secondary N) is 3. The molecule has 0 bridgehead atoms. The predicted molar refractivity (Wildman–Crippen MR) is 253 cm³/mol. The van der Waals surface area contributed by atoms with Gasteiger partial charge in [-0.2, -0.15) is 10.5 Å². The molecular formula is C42H47BrCl4N14O4. The molecule has 4 amide bonds. The van der Waals surface area contributed by atoms with Gasteiger partial charge in [-0.15, -0.1) is 0 Å². The third-order valence-electron chi connectivity index (χ3n) is 10.5. The fraction of sp³-hybridized carbons (Fsp3) is 0.429. The number of aromatic nitrogens is 4. The Morgan fingerprint density at radius 1 is 0.754 bits per heavy atom. The van der Waals surface area contributed by atoms with Gasteiger partial charge in [-0.05, 0) is 38.1 Å². The summed E-state index contributed by atoms with van der Waals surface area (Å²) in [5, 5.41) is 27.3. The SMILES string of the molecule is CCNC(=O)N1Cc2nc(N)nc(-c3c(Cl)cc(Cl)cc3OCC3CN(CC#N)C3)c2C1.CCNC(=O)N1Cc2nc(N)nc(-c3c(Cl)cc(Cl)cc3OCC3CNC3)c2C1.N#CCBr. The van der Waals surface area contributed by atoms with E-state index in [9.17, 15) is 9.59 Å². The monoisotopic (exact) mass is 1030 g/mol. The Hall–Kier alpha value is -5.12. The number of fused-ring (bicyclic) bond motifs is 2. The molecule has 344 valence electrons. The first-order chi connectivity index (χ1) is 31.3. The number of hydrogen-bond acceptors (Lipinski definition) is 14. The molecule has 0 unspecified atom stereocenters. The van der Waals surface area contributed by atoms with Crippen LogP contribution in [0.5, 0.6) is 11.5 Å². The lowest BCUT2D eigenvalue weighted by molar-refractivity contribution is 0.0742. The summed E-state index contributed by atoms with van der Waals surface area (Å²) in [5.74, 6) is 2.01. The van der Waals surface area contributed by atoms with Crippen molar-refractivity contribution < 1.29 is 19.1 Å². The van der Waals surface area contributed by atoms with Crippen LogP contribution in [0.4, 0.5) is 21.5 Å². The van der Waals surface area contributed by atoms with E-state index in [2.05, 4.69) is 57.9 Å². The van der Waals surface area contributed by atoms with E-state index in [1.165, 1.54) is 0 Å². The molecule has 0 atom stereocenters. The van der Waals surface area contributed by atoms with Crippen LogP contribution in [0.15, 0.2) is 24.3 Å². The summed E-state index contributed by atoms with van der Waals surface area (Å²) in [4.78, 5) is 47.6. The second-order valence-corrected chi connectivity index (χ2v) is 17.5. The van der Waals surface area contributed by atoms with Crippen molar-refractivity contribution in [1.82, 2.24) is 50.6 Å². The first-order valence-electron chi connectivity index (χ1n) is 20.6. The van der Waals surface area contributed by atoms with Crippen molar-refractivity contribution in [3.05, 3.63) is 66.9 Å². The van der Waals surface area contributed by atoms with Gasteiger partial charge in [0.05, 0.1) is 107 Å². The number of urea groups is 2. The summed E-state index contributed by atoms with van der Waals surface area (Å²) in [6, 6.07) is 10.4. The zero-order valence-corrected chi connectivity index (χ0v) is 40.2. The van der Waals surface area contributed by atoms with Crippen molar-refractivity contribution in [3.63, 3.8) is 0 Å². The van der Waals surface area contributed by atoms with Crippen LogP contribution >= 0.6 is 62.3 Å². The van der Waals surface area contributed by atoms with Gasteiger partial charge in [-0.25, -0.2) is 29.5 Å². The molecule has 23 heteroatoms. The molecule has 18 nitrogen and oxygen atoms in total. The number of hydrogen-bond donors (Lipinski definition) is 5. The van der Waals surface area contributed by atoms with Gasteiger partial charge in [0, 0.05) is 72.3 Å². The number of nitrogens with zero attached hydrogens (tertiary/aromatic N) is 9. The number of benzene rings is 2. The fourth-order valence-corrected chi connectivity index (χ4v) is 8.58. The molecule has 0 aliphatic carbocycles. The molecule has 2 saturated heterocycles. The van der Waals surface area contributed by atoms with Crippen LogP contribution < -0.4 is 36.9 Å². The minimum Gasteiger partial charge on any atom is -0.492 e. The first-order valence-corrected chi connectivity index (χ1v) is 23.2. The highest BCUT2D eigenvalue weighted by Crippen LogP contribution is 2.44. The van der Waals surface area contributed by atoms with Crippen molar-refractivity contribution >= 4 is 86.3 Å². The summed E-state index contributed by atoms with van der Waals surface area (Å²) < 4.78 is 12.2. The maximum absolute atomic E-state index is 12.4. The van der Waals surface area contributed by atoms with Crippen LogP contribution in [0, 0.1) is 34.5 Å². The summed E-state index contributed by atoms with van der Waals surface area (Å²) >= 11 is 28.5. The summed E-state index contributed by atoms with van der Waals surface area (Å²) in [6.07, 6.45) is 0. The number of likely N-dealkylation sites (tertiary alicyclic amines) is 1. The summed E-state index contributed by atoms with van der Waals surface area (Å²) in [7, 11) is 0. The second kappa shape index (κ2) is 22.9. The Bertz CT molecular complexity index is 2480. The van der Waals surface area contributed by atoms with Gasteiger partial charge in [0.25, 0.3) is 0 Å². The molecule has 2 aromatic carbocycles. The molecule has 4 aromatic rings. The maximum Gasteiger partial charge on any atom is 0.318 e. The second-order valence-electron chi connectivity index (χ2n) is 15.3. The van der Waals surface area contributed by atoms with E-state index in [1.54, 1.807) is 34.1 Å². The normalized spacial score (nSPS) is 15.1. The van der Waals surface area contributed by atoms with Crippen molar-refractivity contribution in [3.8, 4) is 46.2 Å². The van der Waals surface area contributed by atoms with Gasteiger partial charge < -0.3 is 46.7 Å². The third kappa shape index (κ3) is 12.2. The molecule has 4 aliphatic heterocycles. The summed E-state index contributed by atoms with van der Waals surface area (Å²) in [5.41, 5.74) is 17.2. The molecule has 8 rings (SSSR count). The molecular weight excluding hydrogens is 986 g/mol. The number of alkyl halides is 1. The van der Waals surface area contributed by atoms with Crippen LogP contribution in [0.3, 0.4) is 0 Å². The molecule has 2 fully saturated rings. The molecule has 65 heavy (non-hydrogen) atoms. The number of amides is 4. The summed E-state index contributed by atoms with van der Waals surface area (Å²) in [6.45, 7) is 11.1. The number of nitrogen functional groups attached to an aromatic ring is 2. The van der Waals surface area contributed by atoms with Crippen molar-refractivity contribution in [2.24, 2.45) is 11.8 Å². The lowest BCUT2D eigenvalue weighted by Crippen LogP contribution is -2.49. The van der Waals surface area contributed by atoms with Crippen LogP contribution in [0.1, 0.15) is 36.4 Å². The zero-order valence-electron chi connectivity index (χ0n) is 35.6. The van der Waals surface area contributed by atoms with E-state index in [0.29, 0.717) is 142 Å². The van der Waals surface area contributed by atoms with E-state index >= 15 is 0 Å². The largest absolute Gasteiger partial charge is 0.492 e. The lowest BCUT2D eigenvalue weighted by Gasteiger charge is -2.37. The number of carbonyl (C=O) groups excluding carboxylic acids is 2. The fourth-order valence-electron chi connectivity index (χ4n) is 7.45. The predicted octanol–water partition coefficient (Wildman–Crippen LogP) is 6.49. The molecule has 6 heterocycles. The smallest absolute Gasteiger partial charge is 0.318 e. The van der Waals surface area contributed by atoms with E-state index in [4.69, 9.17) is 77.9 Å². The highest BCUT2D eigenvalue weighted by Gasteiger charge is 2.33. The van der Waals surface area contributed by atoms with Crippen molar-refractivity contribution in [1.29, 1.82) is 10.5 Å². The Morgan fingerprint density at radius 2 is 1.20 bits per heavy atom. The first kappa shape index (κ1) is 49.3. The van der Waals surface area contributed by atoms with E-state index in [-0.39, 0.29) is 24.0 Å². The van der Waals surface area contributed by atoms with Gasteiger partial charge in [-0.1, -0.05) is 62.3 Å². The Kier molecular flexibility index (Phi) is 17.3. The minimum atomic E-state index is -0.180. The molecule has 4 aliphatic rings. The average Bonchev–Trinajstić information content (AvgIpc) is 3.86. The quantitative estimate of drug-likeness (QED) is 0.0796. The van der Waals surface area contributed by atoms with Gasteiger partial charge in [0.15, 0.2) is 0 Å². The number of halogens is 5. The molecule has 0 radical (unpaired) electrons. The van der Waals surface area contributed by atoms with Gasteiger partial charge in [0.2, 0.25) is 11.9 Å². The van der Waals surface area contributed by atoms with Gasteiger partial charge in [-0.3, -0.25) is 4.90 Å². The molecule has 2 aromatic heterocycles. The number of rotatable bonds is 11. The Labute approximate surface area is 405 Å². The molecule has 0 spiro atoms. The third-order valence-corrected chi connectivity index (χ3v) is 11.8. The van der Waals surface area contributed by atoms with Crippen molar-refractivity contribution in [2.45, 2.75) is 40.0 Å². The van der Waals surface area contributed by atoms with E-state index in [0.717, 1.165) is 37.3 Å².